The Bertz CT molecular complexity index is 1610. The van der Waals surface area contributed by atoms with Gasteiger partial charge in [0.2, 0.25) is 5.71 Å². The SMILES string of the molecule is Cc1ccc2c(n1)oc1c(-c3cc(-c4cccc5cccc(C)c45)ccn3)cccc12. The first kappa shape index (κ1) is 17.8. The van der Waals surface area contributed by atoms with Gasteiger partial charge in [0.1, 0.15) is 5.58 Å². The van der Waals surface area contributed by atoms with Crippen LogP contribution in [-0.4, -0.2) is 9.97 Å². The van der Waals surface area contributed by atoms with Crippen LogP contribution in [-0.2, 0) is 0 Å². The topological polar surface area (TPSA) is 38.9 Å². The maximum Gasteiger partial charge on any atom is 0.227 e. The Balaban J connectivity index is 1.58. The van der Waals surface area contributed by atoms with Crippen LogP contribution in [0.3, 0.4) is 0 Å². The number of aromatic nitrogens is 2. The maximum atomic E-state index is 6.20. The number of hydrogen-bond donors (Lipinski definition) is 0. The second kappa shape index (κ2) is 6.78. The van der Waals surface area contributed by atoms with E-state index < -0.39 is 0 Å². The molecule has 0 spiro atoms. The van der Waals surface area contributed by atoms with Crippen molar-refractivity contribution in [1.82, 2.24) is 9.97 Å². The Morgan fingerprint density at radius 1 is 0.742 bits per heavy atom. The molecule has 31 heavy (non-hydrogen) atoms. The summed E-state index contributed by atoms with van der Waals surface area (Å²) in [6.07, 6.45) is 1.88. The lowest BCUT2D eigenvalue weighted by atomic mass is 9.94. The van der Waals surface area contributed by atoms with Gasteiger partial charge in [0.25, 0.3) is 0 Å². The van der Waals surface area contributed by atoms with Crippen LogP contribution >= 0.6 is 0 Å². The van der Waals surface area contributed by atoms with Gasteiger partial charge in [-0.05, 0) is 71.6 Å². The number of hydrogen-bond acceptors (Lipinski definition) is 3. The first-order valence-corrected chi connectivity index (χ1v) is 10.4. The molecule has 0 radical (unpaired) electrons. The van der Waals surface area contributed by atoms with Crippen molar-refractivity contribution in [3.63, 3.8) is 0 Å². The van der Waals surface area contributed by atoms with E-state index in [1.54, 1.807) is 0 Å². The summed E-state index contributed by atoms with van der Waals surface area (Å²) in [5.74, 6) is 0. The van der Waals surface area contributed by atoms with Gasteiger partial charge in [0.05, 0.1) is 5.69 Å². The Labute approximate surface area is 180 Å². The molecule has 3 aromatic heterocycles. The molecule has 3 heteroatoms. The number of para-hydroxylation sites is 1. The fraction of sp³-hybridized carbons (Fsp3) is 0.0714. The summed E-state index contributed by atoms with van der Waals surface area (Å²) < 4.78 is 6.20. The molecule has 3 nitrogen and oxygen atoms in total. The molecule has 0 aliphatic heterocycles. The van der Waals surface area contributed by atoms with Crippen molar-refractivity contribution in [3.05, 3.63) is 96.3 Å². The summed E-state index contributed by atoms with van der Waals surface area (Å²) in [6, 6.07) is 27.4. The van der Waals surface area contributed by atoms with E-state index in [9.17, 15) is 0 Å². The van der Waals surface area contributed by atoms with Crippen molar-refractivity contribution >= 4 is 32.8 Å². The largest absolute Gasteiger partial charge is 0.437 e. The number of nitrogens with zero attached hydrogens (tertiary/aromatic N) is 2. The molecule has 0 amide bonds. The molecule has 148 valence electrons. The lowest BCUT2D eigenvalue weighted by molar-refractivity contribution is 0.653. The third kappa shape index (κ3) is 2.82. The number of furan rings is 1. The fourth-order valence-corrected chi connectivity index (χ4v) is 4.49. The third-order valence-corrected chi connectivity index (χ3v) is 5.96. The molecule has 0 aliphatic rings. The van der Waals surface area contributed by atoms with Crippen molar-refractivity contribution in [2.45, 2.75) is 13.8 Å². The average Bonchev–Trinajstić information content (AvgIpc) is 3.16. The summed E-state index contributed by atoms with van der Waals surface area (Å²) in [6.45, 7) is 4.14. The molecule has 0 saturated carbocycles. The van der Waals surface area contributed by atoms with Gasteiger partial charge in [0, 0.05) is 28.2 Å². The van der Waals surface area contributed by atoms with E-state index in [0.717, 1.165) is 38.9 Å². The minimum Gasteiger partial charge on any atom is -0.437 e. The van der Waals surface area contributed by atoms with E-state index in [1.165, 1.54) is 21.9 Å². The van der Waals surface area contributed by atoms with Crippen molar-refractivity contribution in [1.29, 1.82) is 0 Å². The molecule has 0 unspecified atom stereocenters. The smallest absolute Gasteiger partial charge is 0.227 e. The minimum absolute atomic E-state index is 0.670. The molecule has 0 atom stereocenters. The van der Waals surface area contributed by atoms with Crippen LogP contribution in [0, 0.1) is 13.8 Å². The second-order valence-corrected chi connectivity index (χ2v) is 8.00. The predicted octanol–water partition coefficient (Wildman–Crippen LogP) is 7.48. The van der Waals surface area contributed by atoms with Crippen LogP contribution in [0.15, 0.2) is 89.5 Å². The van der Waals surface area contributed by atoms with Gasteiger partial charge in [-0.2, -0.15) is 0 Å². The molecule has 0 fully saturated rings. The molecule has 6 rings (SSSR count). The molecule has 6 aromatic rings. The van der Waals surface area contributed by atoms with Crippen molar-refractivity contribution in [2.24, 2.45) is 0 Å². The van der Waals surface area contributed by atoms with Crippen LogP contribution in [0.4, 0.5) is 0 Å². The Kier molecular flexibility index (Phi) is 3.90. The Morgan fingerprint density at radius 2 is 1.55 bits per heavy atom. The highest BCUT2D eigenvalue weighted by molar-refractivity contribution is 6.08. The summed E-state index contributed by atoms with van der Waals surface area (Å²) in [5, 5.41) is 4.62. The van der Waals surface area contributed by atoms with E-state index in [4.69, 9.17) is 9.40 Å². The van der Waals surface area contributed by atoms with E-state index in [2.05, 4.69) is 84.7 Å². The quantitative estimate of drug-likeness (QED) is 0.302. The lowest BCUT2D eigenvalue weighted by Crippen LogP contribution is -1.88. The first-order valence-electron chi connectivity index (χ1n) is 10.4. The van der Waals surface area contributed by atoms with Crippen LogP contribution in [0.2, 0.25) is 0 Å². The van der Waals surface area contributed by atoms with E-state index in [1.807, 2.05) is 19.2 Å². The zero-order valence-corrected chi connectivity index (χ0v) is 17.4. The maximum absolute atomic E-state index is 6.20. The van der Waals surface area contributed by atoms with Gasteiger partial charge in [-0.25, -0.2) is 4.98 Å². The third-order valence-electron chi connectivity index (χ3n) is 5.96. The van der Waals surface area contributed by atoms with Gasteiger partial charge in [-0.1, -0.05) is 48.5 Å². The molecule has 0 saturated heterocycles. The lowest BCUT2D eigenvalue weighted by Gasteiger charge is -2.11. The summed E-state index contributed by atoms with van der Waals surface area (Å²) in [7, 11) is 0. The minimum atomic E-state index is 0.670. The summed E-state index contributed by atoms with van der Waals surface area (Å²) in [5.41, 5.74) is 7.95. The Hall–Kier alpha value is -3.98. The van der Waals surface area contributed by atoms with Crippen molar-refractivity contribution in [2.75, 3.05) is 0 Å². The molecule has 0 N–H and O–H groups in total. The van der Waals surface area contributed by atoms with Crippen LogP contribution < -0.4 is 0 Å². The van der Waals surface area contributed by atoms with Gasteiger partial charge < -0.3 is 4.42 Å². The van der Waals surface area contributed by atoms with Crippen molar-refractivity contribution in [3.8, 4) is 22.4 Å². The Morgan fingerprint density at radius 3 is 2.45 bits per heavy atom. The standard InChI is InChI=1S/C28H20N2O/c1-17-6-3-7-19-8-4-9-21(26(17)19)20-14-15-29-25(16-20)24-11-5-10-22-23-13-12-18(2)30-28(23)31-27(22)24/h3-16H,1-2H3. The first-order chi connectivity index (χ1) is 15.2. The van der Waals surface area contributed by atoms with Crippen molar-refractivity contribution < 1.29 is 4.42 Å². The van der Waals surface area contributed by atoms with E-state index in [-0.39, 0.29) is 0 Å². The highest BCUT2D eigenvalue weighted by atomic mass is 16.3. The van der Waals surface area contributed by atoms with Crippen LogP contribution in [0.1, 0.15) is 11.3 Å². The summed E-state index contributed by atoms with van der Waals surface area (Å²) >= 11 is 0. The highest BCUT2D eigenvalue weighted by Gasteiger charge is 2.15. The normalized spacial score (nSPS) is 11.5. The van der Waals surface area contributed by atoms with Gasteiger partial charge in [-0.3, -0.25) is 4.98 Å². The van der Waals surface area contributed by atoms with E-state index >= 15 is 0 Å². The van der Waals surface area contributed by atoms with Gasteiger partial charge in [0.15, 0.2) is 0 Å². The number of pyridine rings is 2. The molecule has 0 aliphatic carbocycles. The van der Waals surface area contributed by atoms with E-state index in [0.29, 0.717) is 5.71 Å². The van der Waals surface area contributed by atoms with Crippen LogP contribution in [0.25, 0.3) is 55.2 Å². The number of aryl methyl sites for hydroxylation is 2. The molecular formula is C28H20N2O. The predicted molar refractivity (Wildman–Crippen MR) is 127 cm³/mol. The van der Waals surface area contributed by atoms with Gasteiger partial charge in [-0.15, -0.1) is 0 Å². The fourth-order valence-electron chi connectivity index (χ4n) is 4.49. The number of benzene rings is 3. The van der Waals surface area contributed by atoms with Gasteiger partial charge >= 0.3 is 0 Å². The summed E-state index contributed by atoms with van der Waals surface area (Å²) in [4.78, 5) is 9.26. The van der Waals surface area contributed by atoms with Crippen LogP contribution in [0.5, 0.6) is 0 Å². The zero-order chi connectivity index (χ0) is 20.9. The average molecular weight is 400 g/mol. The molecule has 3 heterocycles. The number of fused-ring (bicyclic) bond motifs is 4. The molecule has 0 bridgehead atoms. The number of rotatable bonds is 2. The second-order valence-electron chi connectivity index (χ2n) is 8.00. The molecule has 3 aromatic carbocycles. The zero-order valence-electron chi connectivity index (χ0n) is 17.4. The highest BCUT2D eigenvalue weighted by Crippen LogP contribution is 2.37. The monoisotopic (exact) mass is 400 g/mol. The molecular weight excluding hydrogens is 380 g/mol.